The van der Waals surface area contributed by atoms with Gasteiger partial charge in [-0.3, -0.25) is 9.80 Å². The third-order valence-corrected chi connectivity index (χ3v) is 6.13. The SMILES string of the molecule is COc1cc(CN2CCN(C)C(C)(C)C2)ccc1OC[C@H](O)CN1CCCC1. The minimum atomic E-state index is -0.477. The number of rotatable bonds is 8. The third kappa shape index (κ3) is 5.60. The molecule has 6 nitrogen and oxygen atoms in total. The first kappa shape index (κ1) is 21.4. The normalized spacial score (nSPS) is 22.3. The summed E-state index contributed by atoms with van der Waals surface area (Å²) in [4.78, 5) is 7.22. The van der Waals surface area contributed by atoms with E-state index in [1.54, 1.807) is 7.11 Å². The van der Waals surface area contributed by atoms with Crippen molar-refractivity contribution >= 4 is 0 Å². The van der Waals surface area contributed by atoms with Crippen LogP contribution in [0.3, 0.4) is 0 Å². The number of aliphatic hydroxyl groups excluding tert-OH is 1. The molecule has 0 amide bonds. The van der Waals surface area contributed by atoms with Crippen LogP contribution in [0.15, 0.2) is 18.2 Å². The summed E-state index contributed by atoms with van der Waals surface area (Å²) in [6, 6.07) is 6.14. The Labute approximate surface area is 170 Å². The number of β-amino-alcohol motifs (C(OH)–C–C–N with tert-alkyl or cyclic N) is 1. The smallest absolute Gasteiger partial charge is 0.161 e. The molecule has 1 aromatic rings. The summed E-state index contributed by atoms with van der Waals surface area (Å²) in [5.41, 5.74) is 1.42. The summed E-state index contributed by atoms with van der Waals surface area (Å²) in [5, 5.41) is 10.3. The Bertz CT molecular complexity index is 631. The zero-order valence-electron chi connectivity index (χ0n) is 18.0. The molecule has 2 heterocycles. The van der Waals surface area contributed by atoms with Gasteiger partial charge in [0, 0.05) is 38.3 Å². The fourth-order valence-electron chi connectivity index (χ4n) is 4.17. The molecule has 1 atom stereocenters. The molecule has 28 heavy (non-hydrogen) atoms. The van der Waals surface area contributed by atoms with Crippen molar-refractivity contribution in [2.75, 3.05) is 60.0 Å². The van der Waals surface area contributed by atoms with Crippen LogP contribution in [0.5, 0.6) is 11.5 Å². The first-order valence-electron chi connectivity index (χ1n) is 10.5. The van der Waals surface area contributed by atoms with Gasteiger partial charge >= 0.3 is 0 Å². The lowest BCUT2D eigenvalue weighted by Gasteiger charge is -2.45. The molecule has 2 fully saturated rings. The summed E-state index contributed by atoms with van der Waals surface area (Å²) in [5.74, 6) is 1.43. The largest absolute Gasteiger partial charge is 0.493 e. The fourth-order valence-corrected chi connectivity index (χ4v) is 4.17. The number of hydrogen-bond donors (Lipinski definition) is 1. The van der Waals surface area contributed by atoms with Gasteiger partial charge in [0.2, 0.25) is 0 Å². The Balaban J connectivity index is 1.54. The molecule has 0 unspecified atom stereocenters. The van der Waals surface area contributed by atoms with E-state index in [0.717, 1.165) is 45.0 Å². The molecular weight excluding hydrogens is 354 g/mol. The van der Waals surface area contributed by atoms with E-state index in [1.807, 2.05) is 6.07 Å². The number of aliphatic hydroxyl groups is 1. The number of benzene rings is 1. The van der Waals surface area contributed by atoms with Crippen molar-refractivity contribution in [1.82, 2.24) is 14.7 Å². The maximum absolute atomic E-state index is 10.3. The fraction of sp³-hybridized carbons (Fsp3) is 0.727. The summed E-state index contributed by atoms with van der Waals surface area (Å²) >= 11 is 0. The van der Waals surface area contributed by atoms with Crippen LogP contribution in [-0.4, -0.2) is 91.5 Å². The zero-order valence-corrected chi connectivity index (χ0v) is 18.0. The molecule has 0 aromatic heterocycles. The van der Waals surface area contributed by atoms with Gasteiger partial charge in [0.25, 0.3) is 0 Å². The zero-order chi connectivity index (χ0) is 20.1. The molecular formula is C22H37N3O3. The predicted molar refractivity (Wildman–Crippen MR) is 112 cm³/mol. The van der Waals surface area contributed by atoms with Gasteiger partial charge in [-0.05, 0) is 64.5 Å². The topological polar surface area (TPSA) is 48.4 Å². The van der Waals surface area contributed by atoms with Crippen LogP contribution in [-0.2, 0) is 6.54 Å². The number of methoxy groups -OCH3 is 1. The second kappa shape index (κ2) is 9.44. The number of ether oxygens (including phenoxy) is 2. The molecule has 0 radical (unpaired) electrons. The lowest BCUT2D eigenvalue weighted by Crippen LogP contribution is -2.57. The van der Waals surface area contributed by atoms with Crippen LogP contribution in [0.1, 0.15) is 32.3 Å². The van der Waals surface area contributed by atoms with E-state index in [4.69, 9.17) is 9.47 Å². The molecule has 6 heteroatoms. The minimum absolute atomic E-state index is 0.191. The lowest BCUT2D eigenvalue weighted by atomic mass is 9.99. The average Bonchev–Trinajstić information content (AvgIpc) is 3.16. The van der Waals surface area contributed by atoms with Gasteiger partial charge in [-0.1, -0.05) is 6.07 Å². The van der Waals surface area contributed by atoms with Crippen molar-refractivity contribution in [3.8, 4) is 11.5 Å². The Kier molecular flexibility index (Phi) is 7.20. The highest BCUT2D eigenvalue weighted by molar-refractivity contribution is 5.43. The molecule has 1 aromatic carbocycles. The van der Waals surface area contributed by atoms with Gasteiger partial charge in [-0.25, -0.2) is 0 Å². The van der Waals surface area contributed by atoms with Crippen molar-refractivity contribution in [3.63, 3.8) is 0 Å². The van der Waals surface area contributed by atoms with E-state index < -0.39 is 6.10 Å². The predicted octanol–water partition coefficient (Wildman–Crippen LogP) is 2.06. The second-order valence-electron chi connectivity index (χ2n) is 8.90. The summed E-state index contributed by atoms with van der Waals surface area (Å²) in [6.45, 7) is 11.8. The monoisotopic (exact) mass is 391 g/mol. The Morgan fingerprint density at radius 3 is 2.50 bits per heavy atom. The summed E-state index contributed by atoms with van der Waals surface area (Å²) in [7, 11) is 3.87. The third-order valence-electron chi connectivity index (χ3n) is 6.13. The number of likely N-dealkylation sites (tertiary alicyclic amines) is 1. The van der Waals surface area contributed by atoms with E-state index in [9.17, 15) is 5.11 Å². The van der Waals surface area contributed by atoms with Crippen molar-refractivity contribution in [2.24, 2.45) is 0 Å². The van der Waals surface area contributed by atoms with E-state index >= 15 is 0 Å². The lowest BCUT2D eigenvalue weighted by molar-refractivity contribution is 0.0359. The number of piperazine rings is 1. The van der Waals surface area contributed by atoms with Gasteiger partial charge in [-0.15, -0.1) is 0 Å². The first-order chi connectivity index (χ1) is 13.4. The van der Waals surface area contributed by atoms with E-state index in [1.165, 1.54) is 18.4 Å². The summed E-state index contributed by atoms with van der Waals surface area (Å²) < 4.78 is 11.4. The molecule has 2 aliphatic rings. The maximum atomic E-state index is 10.3. The highest BCUT2D eigenvalue weighted by Gasteiger charge is 2.30. The molecule has 0 saturated carbocycles. The quantitative estimate of drug-likeness (QED) is 0.732. The molecule has 2 saturated heterocycles. The number of likely N-dealkylation sites (N-methyl/N-ethyl adjacent to an activating group) is 1. The number of hydrogen-bond acceptors (Lipinski definition) is 6. The highest BCUT2D eigenvalue weighted by atomic mass is 16.5. The van der Waals surface area contributed by atoms with Gasteiger partial charge in [0.1, 0.15) is 12.7 Å². The Morgan fingerprint density at radius 2 is 1.82 bits per heavy atom. The highest BCUT2D eigenvalue weighted by Crippen LogP contribution is 2.29. The van der Waals surface area contributed by atoms with Crippen molar-refractivity contribution in [3.05, 3.63) is 23.8 Å². The second-order valence-corrected chi connectivity index (χ2v) is 8.90. The van der Waals surface area contributed by atoms with Crippen molar-refractivity contribution in [2.45, 2.75) is 44.9 Å². The molecule has 1 N–H and O–H groups in total. The van der Waals surface area contributed by atoms with Crippen LogP contribution in [0.4, 0.5) is 0 Å². The van der Waals surface area contributed by atoms with Crippen LogP contribution >= 0.6 is 0 Å². The van der Waals surface area contributed by atoms with Crippen LogP contribution < -0.4 is 9.47 Å². The standard InChI is InChI=1S/C22H37N3O3/c1-22(2)17-25(12-11-23(22)3)14-18-7-8-20(21(13-18)27-4)28-16-19(26)15-24-9-5-6-10-24/h7-8,13,19,26H,5-6,9-12,14-17H2,1-4H3/t19-/m1/s1. The molecule has 158 valence electrons. The molecule has 0 spiro atoms. The van der Waals surface area contributed by atoms with Crippen molar-refractivity contribution in [1.29, 1.82) is 0 Å². The van der Waals surface area contributed by atoms with Crippen LogP contribution in [0.2, 0.25) is 0 Å². The minimum Gasteiger partial charge on any atom is -0.493 e. The number of nitrogens with zero attached hydrogens (tertiary/aromatic N) is 3. The molecule has 3 rings (SSSR count). The first-order valence-corrected chi connectivity index (χ1v) is 10.5. The van der Waals surface area contributed by atoms with E-state index in [-0.39, 0.29) is 5.54 Å². The van der Waals surface area contributed by atoms with Gasteiger partial charge in [0.05, 0.1) is 7.11 Å². The van der Waals surface area contributed by atoms with E-state index in [0.29, 0.717) is 18.9 Å². The van der Waals surface area contributed by atoms with E-state index in [2.05, 4.69) is 47.7 Å². The van der Waals surface area contributed by atoms with Gasteiger partial charge in [0.15, 0.2) is 11.5 Å². The van der Waals surface area contributed by atoms with Gasteiger partial charge in [-0.2, -0.15) is 0 Å². The maximum Gasteiger partial charge on any atom is 0.161 e. The molecule has 0 bridgehead atoms. The summed E-state index contributed by atoms with van der Waals surface area (Å²) in [6.07, 6.45) is 1.98. The van der Waals surface area contributed by atoms with Crippen molar-refractivity contribution < 1.29 is 14.6 Å². The Morgan fingerprint density at radius 1 is 1.07 bits per heavy atom. The van der Waals surface area contributed by atoms with Crippen LogP contribution in [0.25, 0.3) is 0 Å². The van der Waals surface area contributed by atoms with Gasteiger partial charge < -0.3 is 19.5 Å². The van der Waals surface area contributed by atoms with Crippen LogP contribution in [0, 0.1) is 0 Å². The molecule has 0 aliphatic carbocycles. The Hall–Kier alpha value is -1.34. The molecule has 2 aliphatic heterocycles. The average molecular weight is 392 g/mol.